The third-order valence-corrected chi connectivity index (χ3v) is 4.35. The summed E-state index contributed by atoms with van der Waals surface area (Å²) in [6.45, 7) is -0.167. The van der Waals surface area contributed by atoms with Crippen LogP contribution in [-0.4, -0.2) is 30.8 Å². The Morgan fingerprint density at radius 3 is 2.59 bits per heavy atom. The van der Waals surface area contributed by atoms with Crippen LogP contribution in [0.1, 0.15) is 5.56 Å². The lowest BCUT2D eigenvalue weighted by Crippen LogP contribution is -2.20. The number of amides is 3. The van der Waals surface area contributed by atoms with Crippen LogP contribution < -0.4 is 20.1 Å². The van der Waals surface area contributed by atoms with Gasteiger partial charge in [0, 0.05) is 5.69 Å². The van der Waals surface area contributed by atoms with Gasteiger partial charge in [-0.1, -0.05) is 12.1 Å². The molecular formula is C19H16N2O5S. The van der Waals surface area contributed by atoms with Crippen LogP contribution in [0.15, 0.2) is 53.4 Å². The number of hydrogen-bond donors (Lipinski definition) is 2. The van der Waals surface area contributed by atoms with Crippen LogP contribution in [0, 0.1) is 0 Å². The number of anilines is 1. The van der Waals surface area contributed by atoms with Crippen molar-refractivity contribution in [1.29, 1.82) is 0 Å². The van der Waals surface area contributed by atoms with Crippen LogP contribution in [0.5, 0.6) is 11.5 Å². The van der Waals surface area contributed by atoms with Crippen LogP contribution in [0.25, 0.3) is 6.08 Å². The van der Waals surface area contributed by atoms with Gasteiger partial charge in [0.15, 0.2) is 6.61 Å². The molecule has 0 bridgehead atoms. The maximum atomic E-state index is 12.0. The van der Waals surface area contributed by atoms with Gasteiger partial charge in [0.2, 0.25) is 0 Å². The first-order valence-corrected chi connectivity index (χ1v) is 8.77. The number of thioether (sulfide) groups is 1. The van der Waals surface area contributed by atoms with Gasteiger partial charge in [-0.25, -0.2) is 0 Å². The summed E-state index contributed by atoms with van der Waals surface area (Å²) in [5.41, 5.74) is 1.33. The van der Waals surface area contributed by atoms with Crippen LogP contribution in [0.4, 0.5) is 10.5 Å². The first-order chi connectivity index (χ1) is 13.0. The summed E-state index contributed by atoms with van der Waals surface area (Å²) >= 11 is 0.844. The van der Waals surface area contributed by atoms with Crippen molar-refractivity contribution in [3.05, 3.63) is 59.0 Å². The highest BCUT2D eigenvalue weighted by atomic mass is 32.2. The molecule has 2 aromatic rings. The number of benzene rings is 2. The standard InChI is InChI=1S/C19H16N2O5S/c1-25-14-7-5-13(6-8-14)20-17(22)11-26-15-4-2-3-12(9-15)10-16-18(23)21-19(24)27-16/h2-10H,11H2,1H3,(H,20,22)(H,21,23,24)/b16-10-. The molecule has 1 fully saturated rings. The molecule has 8 heteroatoms. The molecule has 2 N–H and O–H groups in total. The molecule has 1 aliphatic heterocycles. The second-order valence-electron chi connectivity index (χ2n) is 5.49. The van der Waals surface area contributed by atoms with Gasteiger partial charge in [0.05, 0.1) is 12.0 Å². The molecule has 1 heterocycles. The van der Waals surface area contributed by atoms with Crippen molar-refractivity contribution >= 4 is 40.6 Å². The number of carbonyl (C=O) groups is 3. The van der Waals surface area contributed by atoms with E-state index in [0.29, 0.717) is 27.7 Å². The highest BCUT2D eigenvalue weighted by molar-refractivity contribution is 8.18. The van der Waals surface area contributed by atoms with Crippen molar-refractivity contribution in [2.75, 3.05) is 19.0 Å². The minimum Gasteiger partial charge on any atom is -0.497 e. The maximum absolute atomic E-state index is 12.0. The molecule has 27 heavy (non-hydrogen) atoms. The Hall–Kier alpha value is -3.26. The van der Waals surface area contributed by atoms with E-state index in [0.717, 1.165) is 11.8 Å². The fourth-order valence-electron chi connectivity index (χ4n) is 2.29. The number of nitrogens with one attached hydrogen (secondary N) is 2. The molecule has 0 aliphatic carbocycles. The molecule has 0 atom stereocenters. The molecule has 1 aliphatic rings. The fourth-order valence-corrected chi connectivity index (χ4v) is 2.97. The van der Waals surface area contributed by atoms with Crippen LogP contribution in [0.2, 0.25) is 0 Å². The van der Waals surface area contributed by atoms with Crippen molar-refractivity contribution in [3.8, 4) is 11.5 Å². The van der Waals surface area contributed by atoms with E-state index in [-0.39, 0.29) is 12.5 Å². The Bertz CT molecular complexity index is 909. The van der Waals surface area contributed by atoms with E-state index in [2.05, 4.69) is 10.6 Å². The average Bonchev–Trinajstić information content (AvgIpc) is 2.98. The van der Waals surface area contributed by atoms with E-state index >= 15 is 0 Å². The summed E-state index contributed by atoms with van der Waals surface area (Å²) in [5.74, 6) is 0.449. The predicted molar refractivity (Wildman–Crippen MR) is 103 cm³/mol. The first-order valence-electron chi connectivity index (χ1n) is 7.95. The molecule has 0 radical (unpaired) electrons. The SMILES string of the molecule is COc1ccc(NC(=O)COc2cccc(/C=C3\SC(=O)NC3=O)c2)cc1. The lowest BCUT2D eigenvalue weighted by atomic mass is 10.2. The van der Waals surface area contributed by atoms with Gasteiger partial charge < -0.3 is 14.8 Å². The second-order valence-corrected chi connectivity index (χ2v) is 6.50. The molecule has 138 valence electrons. The highest BCUT2D eigenvalue weighted by Crippen LogP contribution is 2.26. The summed E-state index contributed by atoms with van der Waals surface area (Å²) in [6, 6.07) is 13.9. The Balaban J connectivity index is 1.57. The molecule has 0 unspecified atom stereocenters. The summed E-state index contributed by atoms with van der Waals surface area (Å²) in [6.07, 6.45) is 1.59. The van der Waals surface area contributed by atoms with Crippen molar-refractivity contribution in [1.82, 2.24) is 5.32 Å². The van der Waals surface area contributed by atoms with Crippen molar-refractivity contribution in [3.63, 3.8) is 0 Å². The number of hydrogen-bond acceptors (Lipinski definition) is 6. The van der Waals surface area contributed by atoms with Crippen molar-refractivity contribution in [2.45, 2.75) is 0 Å². The third-order valence-electron chi connectivity index (χ3n) is 3.54. The van der Waals surface area contributed by atoms with Gasteiger partial charge >= 0.3 is 0 Å². The lowest BCUT2D eigenvalue weighted by Gasteiger charge is -2.08. The molecule has 3 rings (SSSR count). The summed E-state index contributed by atoms with van der Waals surface area (Å²) in [4.78, 5) is 35.1. The van der Waals surface area contributed by atoms with E-state index in [1.807, 2.05) is 0 Å². The van der Waals surface area contributed by atoms with E-state index in [9.17, 15) is 14.4 Å². The molecule has 1 saturated heterocycles. The van der Waals surface area contributed by atoms with Gasteiger partial charge in [-0.05, 0) is 59.8 Å². The Kier molecular flexibility index (Phi) is 5.77. The third kappa shape index (κ3) is 5.11. The molecule has 0 aromatic heterocycles. The molecular weight excluding hydrogens is 368 g/mol. The smallest absolute Gasteiger partial charge is 0.290 e. The van der Waals surface area contributed by atoms with E-state index in [1.54, 1.807) is 61.7 Å². The lowest BCUT2D eigenvalue weighted by molar-refractivity contribution is -0.118. The Morgan fingerprint density at radius 2 is 1.93 bits per heavy atom. The van der Waals surface area contributed by atoms with Crippen LogP contribution >= 0.6 is 11.8 Å². The molecule has 7 nitrogen and oxygen atoms in total. The number of rotatable bonds is 6. The number of methoxy groups -OCH3 is 1. The van der Waals surface area contributed by atoms with Gasteiger partial charge in [-0.2, -0.15) is 0 Å². The Labute approximate surface area is 159 Å². The zero-order chi connectivity index (χ0) is 19.2. The predicted octanol–water partition coefficient (Wildman–Crippen LogP) is 3.04. The number of imide groups is 1. The summed E-state index contributed by atoms with van der Waals surface area (Å²) < 4.78 is 10.6. The molecule has 0 saturated carbocycles. The van der Waals surface area contributed by atoms with Crippen LogP contribution in [-0.2, 0) is 9.59 Å². The van der Waals surface area contributed by atoms with Gasteiger partial charge in [0.25, 0.3) is 17.1 Å². The monoisotopic (exact) mass is 384 g/mol. The summed E-state index contributed by atoms with van der Waals surface area (Å²) in [5, 5.41) is 4.52. The maximum Gasteiger partial charge on any atom is 0.290 e. The Morgan fingerprint density at radius 1 is 1.15 bits per heavy atom. The van der Waals surface area contributed by atoms with Crippen molar-refractivity contribution < 1.29 is 23.9 Å². The number of carbonyl (C=O) groups excluding carboxylic acids is 3. The molecule has 3 amide bonds. The largest absolute Gasteiger partial charge is 0.497 e. The van der Waals surface area contributed by atoms with E-state index < -0.39 is 11.1 Å². The minimum absolute atomic E-state index is 0.167. The first kappa shape index (κ1) is 18.5. The van der Waals surface area contributed by atoms with E-state index in [1.165, 1.54) is 0 Å². The zero-order valence-corrected chi connectivity index (χ0v) is 15.2. The summed E-state index contributed by atoms with van der Waals surface area (Å²) in [7, 11) is 1.57. The molecule has 0 spiro atoms. The van der Waals surface area contributed by atoms with Gasteiger partial charge in [0.1, 0.15) is 11.5 Å². The van der Waals surface area contributed by atoms with Crippen molar-refractivity contribution in [2.24, 2.45) is 0 Å². The minimum atomic E-state index is -0.421. The highest BCUT2D eigenvalue weighted by Gasteiger charge is 2.24. The van der Waals surface area contributed by atoms with E-state index in [4.69, 9.17) is 9.47 Å². The number of ether oxygens (including phenoxy) is 2. The second kappa shape index (κ2) is 8.41. The average molecular weight is 384 g/mol. The zero-order valence-electron chi connectivity index (χ0n) is 14.4. The topological polar surface area (TPSA) is 93.7 Å². The fraction of sp³-hybridized carbons (Fsp3) is 0.105. The normalized spacial score (nSPS) is 14.8. The quantitative estimate of drug-likeness (QED) is 0.744. The van der Waals surface area contributed by atoms with Gasteiger partial charge in [-0.15, -0.1) is 0 Å². The van der Waals surface area contributed by atoms with Gasteiger partial charge in [-0.3, -0.25) is 19.7 Å². The van der Waals surface area contributed by atoms with Crippen LogP contribution in [0.3, 0.4) is 0 Å². The molecule has 2 aromatic carbocycles.